The summed E-state index contributed by atoms with van der Waals surface area (Å²) in [7, 11) is 0. The van der Waals surface area contributed by atoms with E-state index in [1.54, 1.807) is 23.1 Å². The monoisotopic (exact) mass is 605 g/mol. The minimum absolute atomic E-state index is 0.0368. The summed E-state index contributed by atoms with van der Waals surface area (Å²) in [5.74, 6) is -0.257. The number of β-amino-alcohol motifs (C(OH)–C–C–N with tert-alkyl or cyclic N) is 1. The van der Waals surface area contributed by atoms with E-state index in [-0.39, 0.29) is 30.7 Å². The van der Waals surface area contributed by atoms with E-state index in [1.165, 1.54) is 11.8 Å². The number of aliphatic hydroxyl groups is 1. The van der Waals surface area contributed by atoms with Crippen molar-refractivity contribution in [3.63, 3.8) is 0 Å². The number of nitrogens with one attached hydrogen (secondary N) is 2. The number of unbranched alkanes of at least 4 members (excludes halogenated alkanes) is 1. The van der Waals surface area contributed by atoms with Crippen LogP contribution >= 0.6 is 23.1 Å². The van der Waals surface area contributed by atoms with Gasteiger partial charge in [-0.05, 0) is 50.5 Å². The van der Waals surface area contributed by atoms with Crippen LogP contribution in [0.5, 0.6) is 0 Å². The van der Waals surface area contributed by atoms with E-state index in [9.17, 15) is 19.5 Å². The summed E-state index contributed by atoms with van der Waals surface area (Å²) < 4.78 is 4.78. The van der Waals surface area contributed by atoms with Gasteiger partial charge in [0.2, 0.25) is 17.7 Å². The molecule has 0 unspecified atom stereocenters. The van der Waals surface area contributed by atoms with Gasteiger partial charge < -0.3 is 31.1 Å². The summed E-state index contributed by atoms with van der Waals surface area (Å²) in [5, 5.41) is 16.2. The summed E-state index contributed by atoms with van der Waals surface area (Å²) >= 11 is 3.17. The second kappa shape index (κ2) is 15.6. The lowest BCUT2D eigenvalue weighted by molar-refractivity contribution is -0.142. The van der Waals surface area contributed by atoms with E-state index < -0.39 is 22.9 Å². The molecule has 1 aliphatic heterocycles. The average Bonchev–Trinajstić information content (AvgIpc) is 3.55. The number of amides is 3. The molecule has 5 N–H and O–H groups in total. The third-order valence-corrected chi connectivity index (χ3v) is 9.45. The van der Waals surface area contributed by atoms with Gasteiger partial charge in [0.25, 0.3) is 0 Å². The number of hydrogen-bond acceptors (Lipinski definition) is 9. The molecule has 0 spiro atoms. The van der Waals surface area contributed by atoms with E-state index in [1.807, 2.05) is 50.5 Å². The van der Waals surface area contributed by atoms with Crippen LogP contribution in [0.3, 0.4) is 0 Å². The van der Waals surface area contributed by atoms with Crippen LogP contribution in [0.2, 0.25) is 0 Å². The Hall–Kier alpha value is -2.51. The molecule has 12 heteroatoms. The van der Waals surface area contributed by atoms with Gasteiger partial charge in [0.1, 0.15) is 12.1 Å². The average molecular weight is 606 g/mol. The quantitative estimate of drug-likeness (QED) is 0.227. The Morgan fingerprint density at radius 3 is 2.61 bits per heavy atom. The summed E-state index contributed by atoms with van der Waals surface area (Å²) in [4.78, 5) is 46.0. The smallest absolute Gasteiger partial charge is 0.247 e. The largest absolute Gasteiger partial charge is 0.391 e. The summed E-state index contributed by atoms with van der Waals surface area (Å²) in [6, 6.07) is 6.23. The number of thioether (sulfide) groups is 1. The highest BCUT2D eigenvalue weighted by Gasteiger charge is 2.45. The molecule has 1 aromatic heterocycles. The van der Waals surface area contributed by atoms with Crippen molar-refractivity contribution in [3.8, 4) is 10.4 Å². The first-order chi connectivity index (χ1) is 19.5. The summed E-state index contributed by atoms with van der Waals surface area (Å²) in [6.45, 7) is 9.17. The number of hydrogen-bond donors (Lipinski definition) is 4. The number of aromatic nitrogens is 1. The second-order valence-electron chi connectivity index (χ2n) is 10.8. The standard InChI is InChI=1S/C29H43N5O5S2/c1-19-25(40-18-32-19)22-9-7-21(8-10-22)16-31-27(37)24-15-23(36)17-34(24)28(38)26(33-20(2)35)29(3,4)41-14-6-5-12-39-13-11-30/h7-10,18,23-24,26,36H,5-6,11-17,30H2,1-4H3,(H,31,37)(H,33,35)/t23-,24+,26-/m1/s1. The van der Waals surface area contributed by atoms with Crippen LogP contribution in [-0.4, -0.2) is 87.7 Å². The molecule has 3 rings (SSSR count). The number of nitrogens with two attached hydrogens (primary N) is 1. The van der Waals surface area contributed by atoms with Crippen molar-refractivity contribution in [3.05, 3.63) is 41.0 Å². The van der Waals surface area contributed by atoms with Crippen LogP contribution in [0.15, 0.2) is 29.8 Å². The van der Waals surface area contributed by atoms with Gasteiger partial charge in [0, 0.05) is 44.3 Å². The van der Waals surface area contributed by atoms with E-state index in [4.69, 9.17) is 10.5 Å². The highest BCUT2D eigenvalue weighted by Crippen LogP contribution is 2.32. The zero-order valence-electron chi connectivity index (χ0n) is 24.4. The Kier molecular flexibility index (Phi) is 12.6. The molecule has 3 amide bonds. The van der Waals surface area contributed by atoms with Crippen LogP contribution < -0.4 is 16.4 Å². The van der Waals surface area contributed by atoms with Crippen molar-refractivity contribution in [2.24, 2.45) is 5.73 Å². The van der Waals surface area contributed by atoms with Crippen LogP contribution in [-0.2, 0) is 25.7 Å². The van der Waals surface area contributed by atoms with E-state index in [0.717, 1.165) is 40.3 Å². The van der Waals surface area contributed by atoms with E-state index in [0.29, 0.717) is 26.3 Å². The number of rotatable bonds is 15. The number of nitrogens with zero attached hydrogens (tertiary/aromatic N) is 2. The van der Waals surface area contributed by atoms with Crippen molar-refractivity contribution in [2.45, 2.75) is 76.4 Å². The summed E-state index contributed by atoms with van der Waals surface area (Å²) in [5.41, 5.74) is 10.2. The number of carbonyl (C=O) groups excluding carboxylic acids is 3. The van der Waals surface area contributed by atoms with Crippen LogP contribution in [0, 0.1) is 6.92 Å². The molecule has 1 fully saturated rings. The van der Waals surface area contributed by atoms with Gasteiger partial charge in [0.05, 0.1) is 28.8 Å². The van der Waals surface area contributed by atoms with Gasteiger partial charge in [0.15, 0.2) is 0 Å². The number of carbonyl (C=O) groups is 3. The lowest BCUT2D eigenvalue weighted by Gasteiger charge is -2.37. The first-order valence-corrected chi connectivity index (χ1v) is 15.8. The van der Waals surface area contributed by atoms with Gasteiger partial charge in [-0.15, -0.1) is 11.3 Å². The van der Waals surface area contributed by atoms with Crippen LogP contribution in [0.1, 0.15) is 51.3 Å². The molecular formula is C29H43N5O5S2. The molecule has 2 aromatic rings. The lowest BCUT2D eigenvalue weighted by atomic mass is 10.0. The second-order valence-corrected chi connectivity index (χ2v) is 13.4. The molecule has 0 aliphatic carbocycles. The maximum absolute atomic E-state index is 13.8. The molecule has 1 saturated heterocycles. The number of aliphatic hydroxyl groups excluding tert-OH is 1. The number of thiazole rings is 1. The van der Waals surface area contributed by atoms with Crippen molar-refractivity contribution in [1.29, 1.82) is 0 Å². The molecule has 0 bridgehead atoms. The van der Waals surface area contributed by atoms with Crippen molar-refractivity contribution < 1.29 is 24.2 Å². The Bertz CT molecular complexity index is 1160. The Balaban J connectivity index is 1.62. The van der Waals surface area contributed by atoms with Crippen molar-refractivity contribution >= 4 is 40.8 Å². The molecule has 1 aliphatic rings. The molecule has 0 radical (unpaired) electrons. The normalized spacial score (nSPS) is 17.9. The lowest BCUT2D eigenvalue weighted by Crippen LogP contribution is -2.59. The number of benzene rings is 1. The molecule has 3 atom stereocenters. The Labute approximate surface area is 250 Å². The first kappa shape index (κ1) is 33.0. The van der Waals surface area contributed by atoms with Gasteiger partial charge in [-0.3, -0.25) is 14.4 Å². The highest BCUT2D eigenvalue weighted by atomic mass is 32.2. The molecule has 0 saturated carbocycles. The predicted octanol–water partition coefficient (Wildman–Crippen LogP) is 2.47. The van der Waals surface area contributed by atoms with Gasteiger partial charge in [-0.2, -0.15) is 11.8 Å². The zero-order valence-corrected chi connectivity index (χ0v) is 26.0. The first-order valence-electron chi connectivity index (χ1n) is 14.0. The minimum atomic E-state index is -0.859. The number of aryl methyl sites for hydroxylation is 1. The molecule has 2 heterocycles. The van der Waals surface area contributed by atoms with Crippen LogP contribution in [0.25, 0.3) is 10.4 Å². The third kappa shape index (κ3) is 9.50. The van der Waals surface area contributed by atoms with Crippen LogP contribution in [0.4, 0.5) is 0 Å². The van der Waals surface area contributed by atoms with Crippen molar-refractivity contribution in [2.75, 3.05) is 32.1 Å². The Morgan fingerprint density at radius 1 is 1.24 bits per heavy atom. The molecule has 41 heavy (non-hydrogen) atoms. The van der Waals surface area contributed by atoms with Gasteiger partial charge in [-0.25, -0.2) is 4.98 Å². The number of ether oxygens (including phenoxy) is 1. The topological polar surface area (TPSA) is 147 Å². The fourth-order valence-electron chi connectivity index (χ4n) is 4.78. The van der Waals surface area contributed by atoms with E-state index >= 15 is 0 Å². The van der Waals surface area contributed by atoms with E-state index in [2.05, 4.69) is 15.6 Å². The SMILES string of the molecule is CC(=O)N[C@H](C(=O)N1C[C@H](O)C[C@H]1C(=O)NCc1ccc(-c2scnc2C)cc1)C(C)(C)SCCCCOCCN. The fourth-order valence-corrected chi connectivity index (χ4v) is 6.79. The predicted molar refractivity (Wildman–Crippen MR) is 164 cm³/mol. The summed E-state index contributed by atoms with van der Waals surface area (Å²) in [6.07, 6.45) is 1.08. The number of likely N-dealkylation sites (tertiary alicyclic amines) is 1. The molecule has 10 nitrogen and oxygen atoms in total. The Morgan fingerprint density at radius 2 is 1.98 bits per heavy atom. The third-order valence-electron chi connectivity index (χ3n) is 7.00. The fraction of sp³-hybridized carbons (Fsp3) is 0.586. The molecular weight excluding hydrogens is 562 g/mol. The maximum Gasteiger partial charge on any atom is 0.247 e. The van der Waals surface area contributed by atoms with Gasteiger partial charge >= 0.3 is 0 Å². The maximum atomic E-state index is 13.8. The molecule has 226 valence electrons. The minimum Gasteiger partial charge on any atom is -0.391 e. The highest BCUT2D eigenvalue weighted by molar-refractivity contribution is 8.00. The molecule has 1 aromatic carbocycles. The zero-order chi connectivity index (χ0) is 30.0. The van der Waals surface area contributed by atoms with Crippen molar-refractivity contribution in [1.82, 2.24) is 20.5 Å². The van der Waals surface area contributed by atoms with Gasteiger partial charge in [-0.1, -0.05) is 24.3 Å².